The Balaban J connectivity index is 1.85. The molecule has 2 amide bonds. The molecule has 0 aliphatic carbocycles. The van der Waals surface area contributed by atoms with Gasteiger partial charge in [-0.3, -0.25) is 13.8 Å². The van der Waals surface area contributed by atoms with E-state index in [1.807, 2.05) is 0 Å². The van der Waals surface area contributed by atoms with Gasteiger partial charge in [0.2, 0.25) is 5.91 Å². The van der Waals surface area contributed by atoms with Crippen LogP contribution in [0.1, 0.15) is 12.8 Å². The first kappa shape index (κ1) is 16.3. The highest BCUT2D eigenvalue weighted by Crippen LogP contribution is 2.25. The normalized spacial score (nSPS) is 22.4. The van der Waals surface area contributed by atoms with Crippen molar-refractivity contribution in [1.29, 1.82) is 0 Å². The highest BCUT2D eigenvalue weighted by atomic mass is 32.2. The number of carbonyl (C=O) groups is 2. The first-order chi connectivity index (χ1) is 9.79. The van der Waals surface area contributed by atoms with Crippen LogP contribution in [0, 0.1) is 5.92 Å². The molecular weight excluding hydrogens is 309 g/mol. The molecule has 5 nitrogen and oxygen atoms in total. The molecule has 0 bridgehead atoms. The highest BCUT2D eigenvalue weighted by molar-refractivity contribution is 7.85. The van der Waals surface area contributed by atoms with Crippen molar-refractivity contribution >= 4 is 22.6 Å². The third-order valence-electron chi connectivity index (χ3n) is 3.86. The van der Waals surface area contributed by atoms with Gasteiger partial charge in [-0.2, -0.15) is 13.2 Å². The van der Waals surface area contributed by atoms with E-state index >= 15 is 0 Å². The van der Waals surface area contributed by atoms with Crippen LogP contribution in [0.15, 0.2) is 0 Å². The average Bonchev–Trinajstić information content (AvgIpc) is 2.46. The molecular formula is C12H17F3N2O3S. The fourth-order valence-electron chi connectivity index (χ4n) is 2.63. The highest BCUT2D eigenvalue weighted by Gasteiger charge is 2.44. The summed E-state index contributed by atoms with van der Waals surface area (Å²) in [4.78, 5) is 25.7. The quantitative estimate of drug-likeness (QED) is 0.700. The Kier molecular flexibility index (Phi) is 4.90. The molecule has 0 spiro atoms. The summed E-state index contributed by atoms with van der Waals surface area (Å²) in [5.74, 6) is -1.35. The van der Waals surface area contributed by atoms with Crippen LogP contribution in [-0.4, -0.2) is 69.7 Å². The van der Waals surface area contributed by atoms with Crippen molar-refractivity contribution in [2.75, 3.05) is 37.7 Å². The smallest absolute Gasteiger partial charge is 0.341 e. The van der Waals surface area contributed by atoms with E-state index in [2.05, 4.69) is 0 Å². The third kappa shape index (κ3) is 3.96. The Morgan fingerprint density at radius 1 is 0.952 bits per heavy atom. The molecule has 0 aromatic carbocycles. The average molecular weight is 326 g/mol. The maximum atomic E-state index is 12.3. The van der Waals surface area contributed by atoms with Crippen LogP contribution in [0.4, 0.5) is 13.2 Å². The second-order valence-corrected chi connectivity index (χ2v) is 6.93. The topological polar surface area (TPSA) is 57.7 Å². The molecule has 120 valence electrons. The van der Waals surface area contributed by atoms with Crippen molar-refractivity contribution in [2.24, 2.45) is 5.92 Å². The summed E-state index contributed by atoms with van der Waals surface area (Å²) in [6.07, 6.45) is -4.35. The Morgan fingerprint density at radius 3 is 1.95 bits per heavy atom. The molecule has 0 N–H and O–H groups in total. The zero-order valence-electron chi connectivity index (χ0n) is 11.4. The first-order valence-corrected chi connectivity index (χ1v) is 8.27. The fourth-order valence-corrected chi connectivity index (χ4v) is 3.68. The van der Waals surface area contributed by atoms with Crippen LogP contribution in [0.25, 0.3) is 0 Å². The largest absolute Gasteiger partial charge is 0.471 e. The van der Waals surface area contributed by atoms with Crippen LogP contribution in [-0.2, 0) is 20.4 Å². The Hall–Kier alpha value is -1.12. The third-order valence-corrected chi connectivity index (χ3v) is 5.14. The van der Waals surface area contributed by atoms with Gasteiger partial charge in [-0.1, -0.05) is 0 Å². The number of piperidine rings is 1. The van der Waals surface area contributed by atoms with Gasteiger partial charge in [-0.25, -0.2) is 0 Å². The van der Waals surface area contributed by atoms with Crippen LogP contribution in [0.2, 0.25) is 0 Å². The van der Waals surface area contributed by atoms with Gasteiger partial charge >= 0.3 is 12.1 Å². The summed E-state index contributed by atoms with van der Waals surface area (Å²) in [6, 6.07) is 0. The van der Waals surface area contributed by atoms with E-state index in [1.165, 1.54) is 0 Å². The van der Waals surface area contributed by atoms with Crippen LogP contribution < -0.4 is 0 Å². The van der Waals surface area contributed by atoms with E-state index in [4.69, 9.17) is 0 Å². The summed E-state index contributed by atoms with van der Waals surface area (Å²) in [7, 11) is -0.876. The van der Waals surface area contributed by atoms with Crippen LogP contribution in [0.5, 0.6) is 0 Å². The molecule has 2 rings (SSSR count). The number of nitrogens with zero attached hydrogens (tertiary/aromatic N) is 2. The number of carbonyl (C=O) groups excluding carboxylic acids is 2. The number of amides is 2. The van der Waals surface area contributed by atoms with Crippen molar-refractivity contribution < 1.29 is 27.0 Å². The zero-order valence-corrected chi connectivity index (χ0v) is 12.2. The number of alkyl halides is 3. The maximum absolute atomic E-state index is 12.3. The molecule has 0 unspecified atom stereocenters. The van der Waals surface area contributed by atoms with Crippen LogP contribution in [0.3, 0.4) is 0 Å². The minimum atomic E-state index is -4.85. The number of rotatable bonds is 1. The van der Waals surface area contributed by atoms with Gasteiger partial charge in [0.25, 0.3) is 0 Å². The molecule has 0 saturated carbocycles. The molecule has 0 atom stereocenters. The number of likely N-dealkylation sites (tertiary alicyclic amines) is 1. The van der Waals surface area contributed by atoms with Crippen LogP contribution >= 0.6 is 0 Å². The molecule has 2 aliphatic rings. The second kappa shape index (κ2) is 6.33. The van der Waals surface area contributed by atoms with E-state index in [-0.39, 0.29) is 37.8 Å². The predicted octanol–water partition coefficient (Wildman–Crippen LogP) is 0.378. The monoisotopic (exact) mass is 326 g/mol. The number of halogens is 3. The molecule has 2 aliphatic heterocycles. The van der Waals surface area contributed by atoms with Crippen molar-refractivity contribution in [3.8, 4) is 0 Å². The van der Waals surface area contributed by atoms with Gasteiger partial charge in [-0.15, -0.1) is 0 Å². The predicted molar refractivity (Wildman–Crippen MR) is 69.8 cm³/mol. The van der Waals surface area contributed by atoms with Crippen molar-refractivity contribution in [3.63, 3.8) is 0 Å². The molecule has 21 heavy (non-hydrogen) atoms. The molecule has 0 aromatic heterocycles. The molecule has 0 radical (unpaired) electrons. The lowest BCUT2D eigenvalue weighted by molar-refractivity contribution is -0.187. The number of hydrogen-bond donors (Lipinski definition) is 0. The van der Waals surface area contributed by atoms with Crippen molar-refractivity contribution in [1.82, 2.24) is 9.80 Å². The van der Waals surface area contributed by atoms with Gasteiger partial charge in [0, 0.05) is 54.4 Å². The first-order valence-electron chi connectivity index (χ1n) is 6.79. The zero-order chi connectivity index (χ0) is 15.6. The lowest BCUT2D eigenvalue weighted by Gasteiger charge is -2.35. The SMILES string of the molecule is O=C(C1CCN(C(=O)C(F)(F)F)CC1)N1CCS(=O)CC1. The second-order valence-electron chi connectivity index (χ2n) is 5.24. The Labute approximate surface area is 122 Å². The molecule has 2 saturated heterocycles. The summed E-state index contributed by atoms with van der Waals surface area (Å²) >= 11 is 0. The summed E-state index contributed by atoms with van der Waals surface area (Å²) < 4.78 is 48.2. The maximum Gasteiger partial charge on any atom is 0.471 e. The Morgan fingerprint density at radius 2 is 1.48 bits per heavy atom. The molecule has 2 heterocycles. The summed E-state index contributed by atoms with van der Waals surface area (Å²) in [5, 5.41) is 0. The van der Waals surface area contributed by atoms with Gasteiger partial charge in [0.05, 0.1) is 0 Å². The van der Waals surface area contributed by atoms with Gasteiger partial charge in [0.15, 0.2) is 0 Å². The molecule has 9 heteroatoms. The lowest BCUT2D eigenvalue weighted by Crippen LogP contribution is -2.50. The standard InChI is InChI=1S/C12H17F3N2O3S/c13-12(14,15)11(19)17-3-1-9(2-4-17)10(18)16-5-7-21(20)8-6-16/h9H,1-8H2. The van der Waals surface area contributed by atoms with E-state index < -0.39 is 22.9 Å². The van der Waals surface area contributed by atoms with E-state index in [0.717, 1.165) is 4.90 Å². The van der Waals surface area contributed by atoms with E-state index in [1.54, 1.807) is 4.90 Å². The summed E-state index contributed by atoms with van der Waals surface area (Å²) in [5.41, 5.74) is 0. The van der Waals surface area contributed by atoms with Gasteiger partial charge < -0.3 is 9.80 Å². The van der Waals surface area contributed by atoms with Crippen molar-refractivity contribution in [3.05, 3.63) is 0 Å². The van der Waals surface area contributed by atoms with Gasteiger partial charge in [0.1, 0.15) is 0 Å². The summed E-state index contributed by atoms with van der Waals surface area (Å²) in [6.45, 7) is 0.781. The van der Waals surface area contributed by atoms with Gasteiger partial charge in [-0.05, 0) is 12.8 Å². The minimum absolute atomic E-state index is 0.0471. The van der Waals surface area contributed by atoms with E-state index in [9.17, 15) is 27.0 Å². The van der Waals surface area contributed by atoms with E-state index in [0.29, 0.717) is 24.6 Å². The number of hydrogen-bond acceptors (Lipinski definition) is 3. The fraction of sp³-hybridized carbons (Fsp3) is 0.833. The Bertz CT molecular complexity index is 438. The molecule has 2 fully saturated rings. The minimum Gasteiger partial charge on any atom is -0.341 e. The van der Waals surface area contributed by atoms with Crippen molar-refractivity contribution in [2.45, 2.75) is 19.0 Å². The lowest BCUT2D eigenvalue weighted by atomic mass is 9.95. The molecule has 0 aromatic rings.